The molecule has 0 unspecified atom stereocenters. The zero-order valence-electron chi connectivity index (χ0n) is 14.1. The smallest absolute Gasteiger partial charge is 0.151 e. The van der Waals surface area contributed by atoms with Gasteiger partial charge in [0, 0.05) is 24.3 Å². The molecule has 0 fully saturated rings. The average Bonchev–Trinajstić information content (AvgIpc) is 2.90. The zero-order chi connectivity index (χ0) is 17.4. The van der Waals surface area contributed by atoms with Crippen LogP contribution in [0.4, 0.5) is 0 Å². The number of hydrogen-bond donors (Lipinski definition) is 1. The van der Waals surface area contributed by atoms with Gasteiger partial charge in [-0.1, -0.05) is 6.07 Å². The van der Waals surface area contributed by atoms with Crippen LogP contribution in [0, 0.1) is 19.3 Å². The number of hydrogen-bond acceptors (Lipinski definition) is 4. The fourth-order valence-corrected chi connectivity index (χ4v) is 3.09. The summed E-state index contributed by atoms with van der Waals surface area (Å²) in [6, 6.07) is 9.71. The Hall–Kier alpha value is -3.28. The average molecular weight is 330 g/mol. The van der Waals surface area contributed by atoms with Gasteiger partial charge in [0.15, 0.2) is 5.65 Å². The first kappa shape index (κ1) is 15.3. The van der Waals surface area contributed by atoms with Crippen molar-refractivity contribution in [1.29, 1.82) is 5.41 Å². The molecule has 0 saturated carbocycles. The second-order valence-corrected chi connectivity index (χ2v) is 6.01. The van der Waals surface area contributed by atoms with Crippen LogP contribution in [0.15, 0.2) is 55.2 Å². The van der Waals surface area contributed by atoms with Crippen LogP contribution in [0.2, 0.25) is 0 Å². The van der Waals surface area contributed by atoms with Gasteiger partial charge in [-0.15, -0.1) is 0 Å². The monoisotopic (exact) mass is 330 g/mol. The fourth-order valence-electron chi connectivity index (χ4n) is 3.09. The van der Waals surface area contributed by atoms with E-state index >= 15 is 0 Å². The number of nitrogens with one attached hydrogen (secondary N) is 1. The van der Waals surface area contributed by atoms with Crippen molar-refractivity contribution in [1.82, 2.24) is 24.1 Å². The first-order valence-electron chi connectivity index (χ1n) is 8.09. The lowest BCUT2D eigenvalue weighted by molar-refractivity contribution is 0.720. The largest absolute Gasteiger partial charge is 0.312 e. The molecule has 0 amide bonds. The van der Waals surface area contributed by atoms with Crippen molar-refractivity contribution >= 4 is 11.0 Å². The molecule has 0 atom stereocenters. The maximum atomic E-state index is 8.68. The van der Waals surface area contributed by atoms with E-state index in [1.54, 1.807) is 24.9 Å². The fraction of sp³-hybridized carbons (Fsp3) is 0.158. The van der Waals surface area contributed by atoms with Crippen LogP contribution < -0.4 is 5.49 Å². The van der Waals surface area contributed by atoms with Gasteiger partial charge in [-0.3, -0.25) is 15.0 Å². The van der Waals surface area contributed by atoms with Crippen LogP contribution >= 0.6 is 0 Å². The molecule has 0 aliphatic rings. The summed E-state index contributed by atoms with van der Waals surface area (Å²) in [5, 5.41) is 9.54. The molecule has 6 heteroatoms. The van der Waals surface area contributed by atoms with Crippen molar-refractivity contribution in [2.24, 2.45) is 0 Å². The molecule has 0 aromatic carbocycles. The molecule has 0 bridgehead atoms. The van der Waals surface area contributed by atoms with E-state index in [0.717, 1.165) is 33.7 Å². The van der Waals surface area contributed by atoms with E-state index in [4.69, 9.17) is 5.41 Å². The summed E-state index contributed by atoms with van der Waals surface area (Å²) in [6.07, 6.45) is 7.02. The summed E-state index contributed by atoms with van der Waals surface area (Å²) >= 11 is 0. The van der Waals surface area contributed by atoms with Gasteiger partial charge >= 0.3 is 0 Å². The minimum Gasteiger partial charge on any atom is -0.312 e. The molecule has 6 nitrogen and oxygen atoms in total. The number of aryl methyl sites for hydroxylation is 1. The number of fused-ring (bicyclic) bond motifs is 1. The Bertz CT molecular complexity index is 1090. The zero-order valence-corrected chi connectivity index (χ0v) is 14.1. The van der Waals surface area contributed by atoms with Crippen LogP contribution in [-0.4, -0.2) is 24.1 Å². The van der Waals surface area contributed by atoms with Crippen molar-refractivity contribution in [2.45, 2.75) is 20.4 Å². The number of nitrogens with zero attached hydrogens (tertiary/aromatic N) is 5. The van der Waals surface area contributed by atoms with E-state index in [-0.39, 0.29) is 0 Å². The lowest BCUT2D eigenvalue weighted by atomic mass is 10.2. The van der Waals surface area contributed by atoms with Gasteiger partial charge in [0.2, 0.25) is 0 Å². The molecule has 25 heavy (non-hydrogen) atoms. The third-order valence-corrected chi connectivity index (χ3v) is 4.51. The third kappa shape index (κ3) is 2.52. The van der Waals surface area contributed by atoms with Crippen molar-refractivity contribution in [3.05, 3.63) is 77.6 Å². The Kier molecular flexibility index (Phi) is 3.65. The van der Waals surface area contributed by atoms with Gasteiger partial charge in [0.25, 0.3) is 0 Å². The van der Waals surface area contributed by atoms with Gasteiger partial charge in [-0.2, -0.15) is 0 Å². The number of aromatic nitrogens is 5. The van der Waals surface area contributed by atoms with Crippen molar-refractivity contribution < 1.29 is 0 Å². The summed E-state index contributed by atoms with van der Waals surface area (Å²) in [4.78, 5) is 13.1. The van der Waals surface area contributed by atoms with E-state index in [1.807, 2.05) is 53.3 Å². The van der Waals surface area contributed by atoms with E-state index in [2.05, 4.69) is 15.0 Å². The SMILES string of the molecule is Cc1c(C)n(-c2ccccn2)c2ncn(Cc3ccncc3)c(=N)c12. The maximum absolute atomic E-state index is 8.68. The van der Waals surface area contributed by atoms with Gasteiger partial charge in [-0.25, -0.2) is 9.97 Å². The Labute approximate surface area is 145 Å². The molecule has 0 spiro atoms. The highest BCUT2D eigenvalue weighted by atomic mass is 15.1. The van der Waals surface area contributed by atoms with E-state index in [0.29, 0.717) is 12.0 Å². The van der Waals surface area contributed by atoms with E-state index in [1.165, 1.54) is 0 Å². The first-order valence-corrected chi connectivity index (χ1v) is 8.09. The van der Waals surface area contributed by atoms with E-state index < -0.39 is 0 Å². The molecule has 1 N–H and O–H groups in total. The molecule has 0 radical (unpaired) electrons. The minimum atomic E-state index is 0.456. The lowest BCUT2D eigenvalue weighted by Gasteiger charge is -2.09. The third-order valence-electron chi connectivity index (χ3n) is 4.51. The van der Waals surface area contributed by atoms with Gasteiger partial charge in [0.1, 0.15) is 11.3 Å². The Morgan fingerprint density at radius 1 is 1.00 bits per heavy atom. The van der Waals surface area contributed by atoms with Crippen molar-refractivity contribution in [3.8, 4) is 5.82 Å². The van der Waals surface area contributed by atoms with Crippen LogP contribution in [-0.2, 0) is 6.54 Å². The summed E-state index contributed by atoms with van der Waals surface area (Å²) in [7, 11) is 0. The molecule has 0 saturated heterocycles. The van der Waals surface area contributed by atoms with Crippen LogP contribution in [0.5, 0.6) is 0 Å². The minimum absolute atomic E-state index is 0.456. The standard InChI is InChI=1S/C19H18N6/c1-13-14(2)25(16-5-3-4-8-22-16)19-17(13)18(20)24(12-23-19)11-15-6-9-21-10-7-15/h3-10,12,20H,11H2,1-2H3. The summed E-state index contributed by atoms with van der Waals surface area (Å²) in [6.45, 7) is 4.67. The van der Waals surface area contributed by atoms with Crippen LogP contribution in [0.25, 0.3) is 16.9 Å². The van der Waals surface area contributed by atoms with E-state index in [9.17, 15) is 0 Å². The highest BCUT2D eigenvalue weighted by molar-refractivity contribution is 5.82. The Morgan fingerprint density at radius 3 is 2.52 bits per heavy atom. The van der Waals surface area contributed by atoms with Crippen molar-refractivity contribution in [2.75, 3.05) is 0 Å². The summed E-state index contributed by atoms with van der Waals surface area (Å²) < 4.78 is 3.87. The highest BCUT2D eigenvalue weighted by Gasteiger charge is 2.16. The molecule has 4 aromatic rings. The second-order valence-electron chi connectivity index (χ2n) is 6.01. The van der Waals surface area contributed by atoms with Gasteiger partial charge < -0.3 is 4.57 Å². The molecule has 124 valence electrons. The molecule has 0 aliphatic heterocycles. The highest BCUT2D eigenvalue weighted by Crippen LogP contribution is 2.23. The number of rotatable bonds is 3. The normalized spacial score (nSPS) is 11.1. The first-order chi connectivity index (χ1) is 12.2. The Morgan fingerprint density at radius 2 is 1.80 bits per heavy atom. The topological polar surface area (TPSA) is 72.4 Å². The van der Waals surface area contributed by atoms with Crippen molar-refractivity contribution in [3.63, 3.8) is 0 Å². The molecule has 4 heterocycles. The maximum Gasteiger partial charge on any atom is 0.151 e. The lowest BCUT2D eigenvalue weighted by Crippen LogP contribution is -2.21. The quantitative estimate of drug-likeness (QED) is 0.628. The predicted molar refractivity (Wildman–Crippen MR) is 95.5 cm³/mol. The number of pyridine rings is 2. The summed E-state index contributed by atoms with van der Waals surface area (Å²) in [5.74, 6) is 0.817. The van der Waals surface area contributed by atoms with Crippen LogP contribution in [0.3, 0.4) is 0 Å². The Balaban J connectivity index is 1.91. The second kappa shape index (κ2) is 5.98. The van der Waals surface area contributed by atoms with Gasteiger partial charge in [0.05, 0.1) is 18.3 Å². The van der Waals surface area contributed by atoms with Crippen LogP contribution in [0.1, 0.15) is 16.8 Å². The molecular formula is C19H18N6. The summed E-state index contributed by atoms with van der Waals surface area (Å²) in [5.41, 5.74) is 4.42. The molecular weight excluding hydrogens is 312 g/mol. The van der Waals surface area contributed by atoms with Gasteiger partial charge in [-0.05, 0) is 49.2 Å². The molecule has 4 rings (SSSR count). The predicted octanol–water partition coefficient (Wildman–Crippen LogP) is 2.76. The molecule has 4 aromatic heterocycles. The molecule has 0 aliphatic carbocycles.